The third-order valence-electron chi connectivity index (χ3n) is 3.38. The molecule has 3 rings (SSSR count). The van der Waals surface area contributed by atoms with Crippen LogP contribution in [0.2, 0.25) is 0 Å². The van der Waals surface area contributed by atoms with Crippen molar-refractivity contribution in [1.82, 2.24) is 10.1 Å². The highest BCUT2D eigenvalue weighted by Crippen LogP contribution is 2.33. The lowest BCUT2D eigenvalue weighted by Gasteiger charge is -2.19. The van der Waals surface area contributed by atoms with Crippen LogP contribution in [0.3, 0.4) is 0 Å². The van der Waals surface area contributed by atoms with Crippen LogP contribution in [0.25, 0.3) is 11.5 Å². The SMILES string of the molecule is OCC1CC(F)(F)CN1Cc1cc(-c2ccco2)on1. The highest BCUT2D eigenvalue weighted by atomic mass is 19.3. The van der Waals surface area contributed by atoms with Crippen LogP contribution < -0.4 is 0 Å². The molecule has 1 aliphatic rings. The smallest absolute Gasteiger partial charge is 0.262 e. The van der Waals surface area contributed by atoms with Crippen molar-refractivity contribution < 1.29 is 22.8 Å². The minimum absolute atomic E-state index is 0.213. The number of halogens is 2. The summed E-state index contributed by atoms with van der Waals surface area (Å²) in [6.07, 6.45) is 1.19. The molecule has 1 unspecified atom stereocenters. The first-order chi connectivity index (χ1) is 9.57. The van der Waals surface area contributed by atoms with Gasteiger partial charge in [0.2, 0.25) is 5.76 Å². The van der Waals surface area contributed by atoms with E-state index in [9.17, 15) is 8.78 Å². The van der Waals surface area contributed by atoms with Crippen LogP contribution in [0.5, 0.6) is 0 Å². The largest absolute Gasteiger partial charge is 0.461 e. The lowest BCUT2D eigenvalue weighted by Crippen LogP contribution is -2.32. The van der Waals surface area contributed by atoms with Crippen molar-refractivity contribution in [2.75, 3.05) is 13.2 Å². The molecule has 20 heavy (non-hydrogen) atoms. The highest BCUT2D eigenvalue weighted by Gasteiger charge is 2.44. The van der Waals surface area contributed by atoms with Gasteiger partial charge in [-0.25, -0.2) is 8.78 Å². The summed E-state index contributed by atoms with van der Waals surface area (Å²) in [4.78, 5) is 1.52. The van der Waals surface area contributed by atoms with Crippen molar-refractivity contribution in [3.63, 3.8) is 0 Å². The maximum atomic E-state index is 13.4. The number of rotatable bonds is 4. The van der Waals surface area contributed by atoms with Gasteiger partial charge in [-0.2, -0.15) is 0 Å². The van der Waals surface area contributed by atoms with Crippen LogP contribution in [0, 0.1) is 0 Å². The van der Waals surface area contributed by atoms with Crippen LogP contribution in [-0.2, 0) is 6.54 Å². The fourth-order valence-corrected chi connectivity index (χ4v) is 2.46. The molecule has 3 heterocycles. The Labute approximate surface area is 113 Å². The topological polar surface area (TPSA) is 62.6 Å². The quantitative estimate of drug-likeness (QED) is 0.932. The Hall–Kier alpha value is -1.73. The normalized spacial score (nSPS) is 22.4. The van der Waals surface area contributed by atoms with E-state index in [1.165, 1.54) is 11.2 Å². The van der Waals surface area contributed by atoms with Crippen molar-refractivity contribution >= 4 is 0 Å². The van der Waals surface area contributed by atoms with Crippen LogP contribution in [0.4, 0.5) is 8.78 Å². The number of hydrogen-bond donors (Lipinski definition) is 1. The molecule has 0 radical (unpaired) electrons. The fourth-order valence-electron chi connectivity index (χ4n) is 2.46. The van der Waals surface area contributed by atoms with Gasteiger partial charge in [-0.15, -0.1) is 0 Å². The van der Waals surface area contributed by atoms with Gasteiger partial charge in [0, 0.05) is 25.1 Å². The lowest BCUT2D eigenvalue weighted by atomic mass is 10.2. The number of furan rings is 1. The van der Waals surface area contributed by atoms with Gasteiger partial charge in [-0.3, -0.25) is 4.90 Å². The van der Waals surface area contributed by atoms with Crippen molar-refractivity contribution in [3.05, 3.63) is 30.2 Å². The van der Waals surface area contributed by atoms with Gasteiger partial charge in [-0.1, -0.05) is 5.16 Å². The molecule has 0 spiro atoms. The summed E-state index contributed by atoms with van der Waals surface area (Å²) >= 11 is 0. The van der Waals surface area contributed by atoms with Crippen molar-refractivity contribution in [1.29, 1.82) is 0 Å². The Bertz CT molecular complexity index is 568. The van der Waals surface area contributed by atoms with Crippen LogP contribution in [-0.4, -0.2) is 40.3 Å². The van der Waals surface area contributed by atoms with E-state index in [-0.39, 0.29) is 26.1 Å². The molecule has 0 saturated carbocycles. The number of nitrogens with zero attached hydrogens (tertiary/aromatic N) is 2. The maximum Gasteiger partial charge on any atom is 0.262 e. The third kappa shape index (κ3) is 2.59. The average Bonchev–Trinajstić information content (AvgIpc) is 3.08. The van der Waals surface area contributed by atoms with Gasteiger partial charge in [0.15, 0.2) is 5.76 Å². The Morgan fingerprint density at radius 3 is 3.00 bits per heavy atom. The predicted molar refractivity (Wildman–Crippen MR) is 65.1 cm³/mol. The summed E-state index contributed by atoms with van der Waals surface area (Å²) in [5.41, 5.74) is 0.535. The molecule has 1 fully saturated rings. The van der Waals surface area contributed by atoms with Gasteiger partial charge in [-0.05, 0) is 12.1 Å². The molecule has 0 aliphatic carbocycles. The number of aromatic nitrogens is 1. The molecule has 1 saturated heterocycles. The zero-order valence-corrected chi connectivity index (χ0v) is 10.6. The van der Waals surface area contributed by atoms with Crippen LogP contribution in [0.15, 0.2) is 33.4 Å². The summed E-state index contributed by atoms with van der Waals surface area (Å²) in [5, 5.41) is 13.0. The molecule has 0 amide bonds. The zero-order chi connectivity index (χ0) is 14.2. The summed E-state index contributed by atoms with van der Waals surface area (Å²) in [6, 6.07) is 4.56. The van der Waals surface area contributed by atoms with E-state index < -0.39 is 12.0 Å². The lowest BCUT2D eigenvalue weighted by molar-refractivity contribution is 0.0110. The fraction of sp³-hybridized carbons (Fsp3) is 0.462. The molecule has 7 heteroatoms. The summed E-state index contributed by atoms with van der Waals surface area (Å²) < 4.78 is 37.0. The number of alkyl halides is 2. The van der Waals surface area contributed by atoms with Crippen LogP contribution in [0.1, 0.15) is 12.1 Å². The van der Waals surface area contributed by atoms with Crippen molar-refractivity contribution in [3.8, 4) is 11.5 Å². The van der Waals surface area contributed by atoms with E-state index in [0.29, 0.717) is 17.2 Å². The first-order valence-electron chi connectivity index (χ1n) is 6.29. The summed E-state index contributed by atoms with van der Waals surface area (Å²) in [6.45, 7) is -0.454. The predicted octanol–water partition coefficient (Wildman–Crippen LogP) is 2.14. The molecule has 2 aromatic rings. The Morgan fingerprint density at radius 2 is 2.30 bits per heavy atom. The summed E-state index contributed by atoms with van der Waals surface area (Å²) in [7, 11) is 0. The molecule has 1 N–H and O–H groups in total. The van der Waals surface area contributed by atoms with E-state index in [1.54, 1.807) is 18.2 Å². The third-order valence-corrected chi connectivity index (χ3v) is 3.38. The molecule has 1 aliphatic heterocycles. The molecule has 2 aromatic heterocycles. The van der Waals surface area contributed by atoms with Gasteiger partial charge < -0.3 is 14.0 Å². The van der Waals surface area contributed by atoms with E-state index in [1.807, 2.05) is 0 Å². The number of likely N-dealkylation sites (tertiary alicyclic amines) is 1. The van der Waals surface area contributed by atoms with E-state index >= 15 is 0 Å². The Morgan fingerprint density at radius 1 is 1.45 bits per heavy atom. The standard InChI is InChI=1S/C13H14F2N2O3/c14-13(15)5-10(7-18)17(8-13)6-9-4-12(20-16-9)11-2-1-3-19-11/h1-4,10,18H,5-8H2. The molecular formula is C13H14F2N2O3. The second-order valence-corrected chi connectivity index (χ2v) is 4.96. The monoisotopic (exact) mass is 284 g/mol. The average molecular weight is 284 g/mol. The first kappa shape index (κ1) is 13.3. The number of hydrogen-bond acceptors (Lipinski definition) is 5. The first-order valence-corrected chi connectivity index (χ1v) is 6.29. The molecular weight excluding hydrogens is 270 g/mol. The van der Waals surface area contributed by atoms with E-state index in [4.69, 9.17) is 14.0 Å². The summed E-state index contributed by atoms with van der Waals surface area (Å²) in [5.74, 6) is -1.77. The zero-order valence-electron chi connectivity index (χ0n) is 10.6. The second kappa shape index (κ2) is 4.99. The van der Waals surface area contributed by atoms with E-state index in [2.05, 4.69) is 5.16 Å². The van der Waals surface area contributed by atoms with Gasteiger partial charge >= 0.3 is 0 Å². The maximum absolute atomic E-state index is 13.4. The molecule has 0 bridgehead atoms. The van der Waals surface area contributed by atoms with Gasteiger partial charge in [0.1, 0.15) is 0 Å². The number of aliphatic hydroxyl groups is 1. The Kier molecular flexibility index (Phi) is 3.31. The van der Waals surface area contributed by atoms with Crippen LogP contribution >= 0.6 is 0 Å². The minimum atomic E-state index is -2.76. The van der Waals surface area contributed by atoms with E-state index in [0.717, 1.165) is 0 Å². The van der Waals surface area contributed by atoms with Gasteiger partial charge in [0.05, 0.1) is 25.1 Å². The minimum Gasteiger partial charge on any atom is -0.461 e. The molecule has 108 valence electrons. The molecule has 5 nitrogen and oxygen atoms in total. The van der Waals surface area contributed by atoms with Crippen molar-refractivity contribution in [2.24, 2.45) is 0 Å². The van der Waals surface area contributed by atoms with Gasteiger partial charge in [0.25, 0.3) is 5.92 Å². The molecule has 0 aromatic carbocycles. The second-order valence-electron chi connectivity index (χ2n) is 4.96. The molecule has 1 atom stereocenters. The highest BCUT2D eigenvalue weighted by molar-refractivity contribution is 5.49. The number of aliphatic hydroxyl groups excluding tert-OH is 1. The Balaban J connectivity index is 1.72. The van der Waals surface area contributed by atoms with Crippen molar-refractivity contribution in [2.45, 2.75) is 24.9 Å².